The molecule has 3 nitrogen and oxygen atoms in total. The molecule has 2 saturated carbocycles. The fraction of sp³-hybridized carbons (Fsp3) is 0.258. The van der Waals surface area contributed by atoms with E-state index in [9.17, 15) is 0 Å². The van der Waals surface area contributed by atoms with Crippen LogP contribution in [0, 0.1) is 30.1 Å². The summed E-state index contributed by atoms with van der Waals surface area (Å²) in [6.07, 6.45) is 17.8. The van der Waals surface area contributed by atoms with Crippen LogP contribution in [0.4, 0.5) is 0 Å². The summed E-state index contributed by atoms with van der Waals surface area (Å²) in [5.41, 5.74) is 0. The van der Waals surface area contributed by atoms with Crippen LogP contribution in [0.25, 0.3) is 0 Å². The van der Waals surface area contributed by atoms with Gasteiger partial charge in [-0.1, -0.05) is 104 Å². The molecular formula is C31H35O3Zr-. The van der Waals surface area contributed by atoms with Gasteiger partial charge in [-0.25, -0.2) is 0 Å². The molecular weight excluding hydrogens is 512 g/mol. The summed E-state index contributed by atoms with van der Waals surface area (Å²) in [6.45, 7) is 0. The summed E-state index contributed by atoms with van der Waals surface area (Å²) >= 11 is 0. The molecule has 182 valence electrons. The topological polar surface area (TPSA) is 60.7 Å². The first-order valence-electron chi connectivity index (χ1n) is 12.1. The number of rotatable bonds is 0. The van der Waals surface area contributed by atoms with Gasteiger partial charge >= 0.3 is 0 Å². The molecule has 0 aliphatic heterocycles. The minimum atomic E-state index is 0. The smallest absolute Gasteiger partial charge is 0.115 e. The molecule has 6 rings (SSSR count). The van der Waals surface area contributed by atoms with Gasteiger partial charge in [0.15, 0.2) is 0 Å². The van der Waals surface area contributed by atoms with Crippen molar-refractivity contribution in [2.45, 2.75) is 25.7 Å². The Kier molecular flexibility index (Phi) is 13.2. The predicted molar refractivity (Wildman–Crippen MR) is 139 cm³/mol. The summed E-state index contributed by atoms with van der Waals surface area (Å²) in [4.78, 5) is 0. The predicted octanol–water partition coefficient (Wildman–Crippen LogP) is 7.54. The monoisotopic (exact) mass is 545 g/mol. The molecule has 3 aliphatic carbocycles. The molecule has 4 heteroatoms. The number of para-hydroxylation sites is 3. The van der Waals surface area contributed by atoms with Gasteiger partial charge in [0.25, 0.3) is 0 Å². The average Bonchev–Trinajstić information content (AvgIpc) is 3.26. The Labute approximate surface area is 229 Å². The molecule has 4 atom stereocenters. The molecule has 0 saturated heterocycles. The summed E-state index contributed by atoms with van der Waals surface area (Å²) in [5.74, 6) is 4.53. The second-order valence-electron chi connectivity index (χ2n) is 8.74. The minimum absolute atomic E-state index is 0. The Bertz CT molecular complexity index is 900. The zero-order valence-electron chi connectivity index (χ0n) is 20.0. The van der Waals surface area contributed by atoms with Gasteiger partial charge in [-0.15, -0.1) is 12.0 Å². The standard InChI is InChI=1S/C13H17.3C6H6O.Zr/c1-3-7-12-10(5-1)9-11-6-2-4-8-13(11)12;3*7-6-4-2-1-3-5-6;/h1,3,5,7,9-13H,2,4,6,8H2;3*1-5,7H;/q-1;;;;. The Morgan fingerprint density at radius 1 is 0.571 bits per heavy atom. The maximum Gasteiger partial charge on any atom is 0.115 e. The van der Waals surface area contributed by atoms with Crippen molar-refractivity contribution in [1.82, 2.24) is 0 Å². The van der Waals surface area contributed by atoms with Crippen molar-refractivity contribution < 1.29 is 41.5 Å². The summed E-state index contributed by atoms with van der Waals surface area (Å²) in [6, 6.07) is 26.1. The molecule has 35 heavy (non-hydrogen) atoms. The first-order valence-corrected chi connectivity index (χ1v) is 12.1. The molecule has 0 heterocycles. The number of benzene rings is 3. The van der Waals surface area contributed by atoms with E-state index in [-0.39, 0.29) is 26.2 Å². The maximum absolute atomic E-state index is 8.63. The van der Waals surface area contributed by atoms with Gasteiger partial charge in [-0.3, -0.25) is 0 Å². The SMILES string of the molecule is C1=CC2[CH-]C3CCCCC3C2C=C1.Oc1ccccc1.Oc1ccccc1.Oc1ccccc1.[Zr]. The second-order valence-corrected chi connectivity index (χ2v) is 8.74. The summed E-state index contributed by atoms with van der Waals surface area (Å²) < 4.78 is 0. The molecule has 0 radical (unpaired) electrons. The van der Waals surface area contributed by atoms with Crippen LogP contribution in [0.2, 0.25) is 0 Å². The minimum Gasteiger partial charge on any atom is -0.508 e. The Morgan fingerprint density at radius 2 is 1.00 bits per heavy atom. The van der Waals surface area contributed by atoms with Crippen LogP contribution in [-0.4, -0.2) is 15.3 Å². The van der Waals surface area contributed by atoms with E-state index in [2.05, 4.69) is 30.7 Å². The van der Waals surface area contributed by atoms with Gasteiger partial charge in [0.2, 0.25) is 0 Å². The van der Waals surface area contributed by atoms with Crippen LogP contribution in [0.1, 0.15) is 25.7 Å². The van der Waals surface area contributed by atoms with Crippen LogP contribution in [0.15, 0.2) is 115 Å². The van der Waals surface area contributed by atoms with Crippen molar-refractivity contribution in [2.75, 3.05) is 0 Å². The van der Waals surface area contributed by atoms with E-state index < -0.39 is 0 Å². The number of phenolic OH excluding ortho intramolecular Hbond substituents is 3. The molecule has 3 aliphatic rings. The first kappa shape index (κ1) is 28.7. The molecule has 0 amide bonds. The number of hydrogen-bond acceptors (Lipinski definition) is 3. The fourth-order valence-electron chi connectivity index (χ4n) is 4.74. The normalized spacial score (nSPS) is 22.7. The van der Waals surface area contributed by atoms with E-state index in [1.807, 2.05) is 18.2 Å². The van der Waals surface area contributed by atoms with Crippen LogP contribution in [0.3, 0.4) is 0 Å². The zero-order valence-corrected chi connectivity index (χ0v) is 22.5. The van der Waals surface area contributed by atoms with Crippen LogP contribution < -0.4 is 0 Å². The van der Waals surface area contributed by atoms with E-state index in [1.54, 1.807) is 72.8 Å². The molecule has 4 unspecified atom stereocenters. The zero-order chi connectivity index (χ0) is 24.0. The molecule has 0 spiro atoms. The molecule has 3 N–H and O–H groups in total. The number of hydrogen-bond donors (Lipinski definition) is 3. The first-order chi connectivity index (χ1) is 16.6. The number of phenols is 3. The third-order valence-corrected chi connectivity index (χ3v) is 6.33. The van der Waals surface area contributed by atoms with Gasteiger partial charge in [0, 0.05) is 26.2 Å². The van der Waals surface area contributed by atoms with Crippen LogP contribution in [0.5, 0.6) is 17.2 Å². The third-order valence-electron chi connectivity index (χ3n) is 6.33. The van der Waals surface area contributed by atoms with Gasteiger partial charge in [-0.2, -0.15) is 5.92 Å². The number of fused-ring (bicyclic) bond motifs is 3. The van der Waals surface area contributed by atoms with Crippen LogP contribution in [-0.2, 0) is 26.2 Å². The van der Waals surface area contributed by atoms with Crippen molar-refractivity contribution in [2.24, 2.45) is 23.7 Å². The van der Waals surface area contributed by atoms with Gasteiger partial charge in [-0.05, 0) is 42.3 Å². The molecule has 0 bridgehead atoms. The van der Waals surface area contributed by atoms with Crippen molar-refractivity contribution in [3.63, 3.8) is 0 Å². The van der Waals surface area contributed by atoms with E-state index >= 15 is 0 Å². The van der Waals surface area contributed by atoms with E-state index in [1.165, 1.54) is 25.7 Å². The Balaban J connectivity index is 0.000000172. The van der Waals surface area contributed by atoms with Crippen molar-refractivity contribution in [1.29, 1.82) is 0 Å². The van der Waals surface area contributed by atoms with Crippen molar-refractivity contribution in [3.05, 3.63) is 122 Å². The molecule has 2 fully saturated rings. The third kappa shape index (κ3) is 10.3. The van der Waals surface area contributed by atoms with E-state index in [0.717, 1.165) is 23.7 Å². The Morgan fingerprint density at radius 3 is 1.43 bits per heavy atom. The van der Waals surface area contributed by atoms with E-state index in [4.69, 9.17) is 15.3 Å². The van der Waals surface area contributed by atoms with E-state index in [0.29, 0.717) is 17.2 Å². The number of allylic oxidation sites excluding steroid dienone is 4. The largest absolute Gasteiger partial charge is 0.508 e. The average molecular weight is 547 g/mol. The van der Waals surface area contributed by atoms with Crippen LogP contribution >= 0.6 is 0 Å². The van der Waals surface area contributed by atoms with Crippen molar-refractivity contribution in [3.8, 4) is 17.2 Å². The van der Waals surface area contributed by atoms with Gasteiger partial charge in [0.05, 0.1) is 0 Å². The quantitative estimate of drug-likeness (QED) is 0.255. The summed E-state index contributed by atoms with van der Waals surface area (Å²) in [5, 5.41) is 25.9. The molecule has 3 aromatic carbocycles. The fourth-order valence-corrected chi connectivity index (χ4v) is 4.74. The number of aromatic hydroxyl groups is 3. The summed E-state index contributed by atoms with van der Waals surface area (Å²) in [7, 11) is 0. The molecule has 3 aromatic rings. The Hall–Kier alpha value is -2.58. The maximum atomic E-state index is 8.63. The van der Waals surface area contributed by atoms with Crippen molar-refractivity contribution >= 4 is 0 Å². The van der Waals surface area contributed by atoms with Gasteiger partial charge < -0.3 is 21.7 Å². The molecule has 0 aromatic heterocycles. The van der Waals surface area contributed by atoms with Gasteiger partial charge in [0.1, 0.15) is 17.2 Å². The second kappa shape index (κ2) is 16.2.